The van der Waals surface area contributed by atoms with Gasteiger partial charge in [0.15, 0.2) is 9.84 Å². The number of carbonyl (C=O) groups is 1. The van der Waals surface area contributed by atoms with E-state index >= 15 is 0 Å². The highest BCUT2D eigenvalue weighted by Gasteiger charge is 2.37. The molecule has 0 aliphatic carbocycles. The molecule has 1 fully saturated rings. The van der Waals surface area contributed by atoms with Gasteiger partial charge < -0.3 is 11.1 Å². The smallest absolute Gasteiger partial charge is 0.234 e. The summed E-state index contributed by atoms with van der Waals surface area (Å²) < 4.78 is 22.9. The zero-order valence-electron chi connectivity index (χ0n) is 12.9. The van der Waals surface area contributed by atoms with Crippen molar-refractivity contribution in [2.75, 3.05) is 31.6 Å². The topological polar surface area (TPSA) is 92.5 Å². The van der Waals surface area contributed by atoms with E-state index in [-0.39, 0.29) is 30.0 Å². The van der Waals surface area contributed by atoms with Crippen LogP contribution in [-0.2, 0) is 14.6 Å². The van der Waals surface area contributed by atoms with E-state index in [0.29, 0.717) is 5.92 Å². The molecule has 1 aliphatic rings. The Bertz CT molecular complexity index is 456. The van der Waals surface area contributed by atoms with Gasteiger partial charge in [-0.3, -0.25) is 9.69 Å². The van der Waals surface area contributed by atoms with Crippen molar-refractivity contribution in [3.8, 4) is 0 Å². The molecule has 124 valence electrons. The Morgan fingerprint density at radius 1 is 1.43 bits per heavy atom. The first-order chi connectivity index (χ1) is 9.60. The SMILES string of the molecule is CC(C)C(N)CCN(C)CC(=O)NC1CS(=O)(=O)CC1Cl. The number of nitrogens with one attached hydrogen (secondary N) is 1. The highest BCUT2D eigenvalue weighted by Crippen LogP contribution is 2.17. The molecule has 0 aromatic heterocycles. The monoisotopic (exact) mass is 339 g/mol. The quantitative estimate of drug-likeness (QED) is 0.627. The number of carbonyl (C=O) groups excluding carboxylic acids is 1. The fourth-order valence-corrected chi connectivity index (χ4v) is 4.77. The van der Waals surface area contributed by atoms with E-state index < -0.39 is 21.3 Å². The lowest BCUT2D eigenvalue weighted by Gasteiger charge is -2.22. The molecule has 0 saturated carbocycles. The fraction of sp³-hybridized carbons (Fsp3) is 0.923. The van der Waals surface area contributed by atoms with Crippen LogP contribution in [0.2, 0.25) is 0 Å². The van der Waals surface area contributed by atoms with Crippen molar-refractivity contribution in [2.45, 2.75) is 37.7 Å². The van der Waals surface area contributed by atoms with Gasteiger partial charge in [-0.1, -0.05) is 13.8 Å². The van der Waals surface area contributed by atoms with Gasteiger partial charge in [0.1, 0.15) is 0 Å². The number of amides is 1. The van der Waals surface area contributed by atoms with Crippen LogP contribution in [0, 0.1) is 5.92 Å². The summed E-state index contributed by atoms with van der Waals surface area (Å²) in [6.45, 7) is 5.07. The Morgan fingerprint density at radius 2 is 2.05 bits per heavy atom. The number of nitrogens with two attached hydrogens (primary N) is 1. The third-order valence-electron chi connectivity index (χ3n) is 3.74. The van der Waals surface area contributed by atoms with Crippen molar-refractivity contribution >= 4 is 27.3 Å². The molecular weight excluding hydrogens is 314 g/mol. The van der Waals surface area contributed by atoms with E-state index in [1.165, 1.54) is 0 Å². The maximum absolute atomic E-state index is 11.9. The van der Waals surface area contributed by atoms with Crippen LogP contribution in [0.5, 0.6) is 0 Å². The van der Waals surface area contributed by atoms with Crippen molar-refractivity contribution in [2.24, 2.45) is 11.7 Å². The lowest BCUT2D eigenvalue weighted by Crippen LogP contribution is -2.45. The number of halogens is 1. The highest BCUT2D eigenvalue weighted by atomic mass is 35.5. The van der Waals surface area contributed by atoms with Gasteiger partial charge in [-0.25, -0.2) is 8.42 Å². The Morgan fingerprint density at radius 3 is 2.52 bits per heavy atom. The van der Waals surface area contributed by atoms with Gasteiger partial charge in [-0.15, -0.1) is 11.6 Å². The second-order valence-electron chi connectivity index (χ2n) is 6.20. The Hall–Kier alpha value is -0.370. The predicted molar refractivity (Wildman–Crippen MR) is 85.2 cm³/mol. The number of sulfone groups is 1. The third kappa shape index (κ3) is 6.50. The Balaban J connectivity index is 2.33. The molecule has 8 heteroatoms. The molecule has 21 heavy (non-hydrogen) atoms. The fourth-order valence-electron chi connectivity index (χ4n) is 2.22. The minimum absolute atomic E-state index is 0.0708. The first-order valence-corrected chi connectivity index (χ1v) is 9.44. The highest BCUT2D eigenvalue weighted by molar-refractivity contribution is 7.91. The van der Waals surface area contributed by atoms with Gasteiger partial charge in [-0.05, 0) is 25.9 Å². The zero-order chi connectivity index (χ0) is 16.2. The molecule has 6 nitrogen and oxygen atoms in total. The largest absolute Gasteiger partial charge is 0.350 e. The first-order valence-electron chi connectivity index (χ1n) is 7.18. The lowest BCUT2D eigenvalue weighted by atomic mass is 10.0. The van der Waals surface area contributed by atoms with E-state index in [9.17, 15) is 13.2 Å². The molecule has 1 heterocycles. The van der Waals surface area contributed by atoms with Crippen molar-refractivity contribution in [3.05, 3.63) is 0 Å². The minimum atomic E-state index is -3.13. The molecule has 1 rings (SSSR count). The molecule has 0 radical (unpaired) electrons. The number of nitrogens with zero attached hydrogens (tertiary/aromatic N) is 1. The molecule has 1 aliphatic heterocycles. The molecule has 1 saturated heterocycles. The molecule has 3 N–H and O–H groups in total. The van der Waals surface area contributed by atoms with E-state index in [0.717, 1.165) is 13.0 Å². The summed E-state index contributed by atoms with van der Waals surface area (Å²) in [7, 11) is -1.28. The zero-order valence-corrected chi connectivity index (χ0v) is 14.5. The van der Waals surface area contributed by atoms with Crippen LogP contribution < -0.4 is 11.1 Å². The van der Waals surface area contributed by atoms with Crippen molar-refractivity contribution in [1.29, 1.82) is 0 Å². The lowest BCUT2D eigenvalue weighted by molar-refractivity contribution is -0.122. The second kappa shape index (κ2) is 7.76. The van der Waals surface area contributed by atoms with Crippen LogP contribution in [-0.4, -0.2) is 68.3 Å². The van der Waals surface area contributed by atoms with Gasteiger partial charge in [0.05, 0.1) is 29.5 Å². The van der Waals surface area contributed by atoms with Crippen LogP contribution in [0.3, 0.4) is 0 Å². The molecule has 0 aromatic rings. The summed E-state index contributed by atoms with van der Waals surface area (Å²) >= 11 is 5.96. The summed E-state index contributed by atoms with van der Waals surface area (Å²) in [4.78, 5) is 13.8. The Kier molecular flexibility index (Phi) is 6.90. The average molecular weight is 340 g/mol. The van der Waals surface area contributed by atoms with Crippen molar-refractivity contribution < 1.29 is 13.2 Å². The molecule has 1 amide bonds. The molecule has 3 unspecified atom stereocenters. The second-order valence-corrected chi connectivity index (χ2v) is 8.92. The maximum atomic E-state index is 11.9. The van der Waals surface area contributed by atoms with Gasteiger partial charge in [0.2, 0.25) is 5.91 Å². The van der Waals surface area contributed by atoms with Crippen LogP contribution >= 0.6 is 11.6 Å². The van der Waals surface area contributed by atoms with E-state index in [4.69, 9.17) is 17.3 Å². The third-order valence-corrected chi connectivity index (χ3v) is 6.12. The number of hydrogen-bond acceptors (Lipinski definition) is 5. The molecule has 0 aromatic carbocycles. The molecule has 0 spiro atoms. The van der Waals surface area contributed by atoms with Crippen LogP contribution in [0.4, 0.5) is 0 Å². The summed E-state index contributed by atoms with van der Waals surface area (Å²) in [5.74, 6) is 0.0595. The minimum Gasteiger partial charge on any atom is -0.350 e. The van der Waals surface area contributed by atoms with Crippen molar-refractivity contribution in [3.63, 3.8) is 0 Å². The van der Waals surface area contributed by atoms with Gasteiger partial charge in [0.25, 0.3) is 0 Å². The molecule has 0 bridgehead atoms. The summed E-state index contributed by atoms with van der Waals surface area (Å²) in [5, 5.41) is 2.16. The standard InChI is InChI=1S/C13H26ClN3O3S/c1-9(2)11(15)4-5-17(3)6-13(18)16-12-8-21(19,20)7-10(12)14/h9-12H,4-8,15H2,1-3H3,(H,16,18). The molecule has 3 atom stereocenters. The van der Waals surface area contributed by atoms with E-state index in [1.807, 2.05) is 11.9 Å². The van der Waals surface area contributed by atoms with Crippen LogP contribution in [0.15, 0.2) is 0 Å². The van der Waals surface area contributed by atoms with Gasteiger partial charge in [-0.2, -0.15) is 0 Å². The summed E-state index contributed by atoms with van der Waals surface area (Å²) in [6, 6.07) is -0.377. The normalized spacial score (nSPS) is 26.2. The molecular formula is C13H26ClN3O3S. The van der Waals surface area contributed by atoms with Crippen molar-refractivity contribution in [1.82, 2.24) is 10.2 Å². The van der Waals surface area contributed by atoms with Crippen LogP contribution in [0.1, 0.15) is 20.3 Å². The summed E-state index contributed by atoms with van der Waals surface area (Å²) in [6.07, 6.45) is 0.817. The predicted octanol–water partition coefficient (Wildman–Crippen LogP) is -0.188. The number of rotatable bonds is 7. The number of likely N-dealkylation sites (N-methyl/N-ethyl adjacent to an activating group) is 1. The van der Waals surface area contributed by atoms with E-state index in [1.54, 1.807) is 0 Å². The first kappa shape index (κ1) is 18.7. The number of hydrogen-bond donors (Lipinski definition) is 2. The van der Waals surface area contributed by atoms with Gasteiger partial charge in [0, 0.05) is 6.04 Å². The number of alkyl halides is 1. The Labute approximate surface area is 132 Å². The maximum Gasteiger partial charge on any atom is 0.234 e. The van der Waals surface area contributed by atoms with Crippen LogP contribution in [0.25, 0.3) is 0 Å². The summed E-state index contributed by atoms with van der Waals surface area (Å²) in [5.41, 5.74) is 5.96. The van der Waals surface area contributed by atoms with Gasteiger partial charge >= 0.3 is 0 Å². The van der Waals surface area contributed by atoms with E-state index in [2.05, 4.69) is 19.2 Å². The average Bonchev–Trinajstić information content (AvgIpc) is 2.58.